The molecule has 0 aromatic carbocycles. The van der Waals surface area contributed by atoms with Gasteiger partial charge in [0.1, 0.15) is 5.65 Å². The van der Waals surface area contributed by atoms with E-state index >= 15 is 0 Å². The van der Waals surface area contributed by atoms with E-state index in [4.69, 9.17) is 11.6 Å². The molecule has 0 bridgehead atoms. The van der Waals surface area contributed by atoms with Crippen LogP contribution < -0.4 is 5.32 Å². The maximum Gasteiger partial charge on any atom is 0.137 e. The molecule has 0 fully saturated rings. The van der Waals surface area contributed by atoms with Gasteiger partial charge in [0.15, 0.2) is 0 Å². The van der Waals surface area contributed by atoms with E-state index in [0.717, 1.165) is 30.7 Å². The van der Waals surface area contributed by atoms with Crippen molar-refractivity contribution in [2.45, 2.75) is 38.8 Å². The van der Waals surface area contributed by atoms with Gasteiger partial charge in [0.05, 0.1) is 5.69 Å². The first-order valence-electron chi connectivity index (χ1n) is 6.40. The third-order valence-corrected chi connectivity index (χ3v) is 3.73. The molecule has 0 radical (unpaired) electrons. The van der Waals surface area contributed by atoms with E-state index in [-0.39, 0.29) is 5.54 Å². The topological polar surface area (TPSA) is 29.3 Å². The molecule has 1 unspecified atom stereocenters. The Morgan fingerprint density at radius 2 is 2.28 bits per heavy atom. The highest BCUT2D eigenvalue weighted by Gasteiger charge is 2.20. The van der Waals surface area contributed by atoms with Gasteiger partial charge in [-0.1, -0.05) is 13.0 Å². The van der Waals surface area contributed by atoms with Gasteiger partial charge in [-0.3, -0.25) is 0 Å². The van der Waals surface area contributed by atoms with Crippen molar-refractivity contribution in [1.82, 2.24) is 14.7 Å². The molecule has 0 saturated heterocycles. The molecule has 1 N–H and O–H groups in total. The zero-order chi connectivity index (χ0) is 13.0. The summed E-state index contributed by atoms with van der Waals surface area (Å²) >= 11 is 5.85. The lowest BCUT2D eigenvalue weighted by Gasteiger charge is -2.28. The van der Waals surface area contributed by atoms with Crippen molar-refractivity contribution in [3.8, 4) is 0 Å². The van der Waals surface area contributed by atoms with Crippen molar-refractivity contribution in [2.75, 3.05) is 5.88 Å². The Labute approximate surface area is 113 Å². The maximum atomic E-state index is 5.85. The number of nitrogens with one attached hydrogen (secondary N) is 1. The van der Waals surface area contributed by atoms with Gasteiger partial charge in [0.25, 0.3) is 0 Å². The Morgan fingerprint density at radius 1 is 1.44 bits per heavy atom. The summed E-state index contributed by atoms with van der Waals surface area (Å²) in [5.41, 5.74) is 2.15. The molecule has 98 valence electrons. The molecule has 0 aliphatic heterocycles. The molecule has 18 heavy (non-hydrogen) atoms. The smallest absolute Gasteiger partial charge is 0.137 e. The molecular formula is C14H20ClN3. The zero-order valence-corrected chi connectivity index (χ0v) is 11.7. The number of pyridine rings is 1. The van der Waals surface area contributed by atoms with Gasteiger partial charge in [-0.2, -0.15) is 0 Å². The Kier molecular flexibility index (Phi) is 4.25. The summed E-state index contributed by atoms with van der Waals surface area (Å²) in [5.74, 6) is 0.683. The van der Waals surface area contributed by atoms with Crippen LogP contribution in [-0.4, -0.2) is 20.8 Å². The average molecular weight is 266 g/mol. The van der Waals surface area contributed by atoms with Crippen molar-refractivity contribution in [1.29, 1.82) is 0 Å². The summed E-state index contributed by atoms with van der Waals surface area (Å²) in [7, 11) is 0. The first-order valence-corrected chi connectivity index (χ1v) is 6.94. The van der Waals surface area contributed by atoms with E-state index in [0.29, 0.717) is 5.88 Å². The van der Waals surface area contributed by atoms with Gasteiger partial charge in [-0.05, 0) is 31.9 Å². The van der Waals surface area contributed by atoms with Crippen molar-refractivity contribution in [2.24, 2.45) is 0 Å². The third-order valence-electron chi connectivity index (χ3n) is 3.54. The molecule has 0 aliphatic rings. The first kappa shape index (κ1) is 13.4. The zero-order valence-electron chi connectivity index (χ0n) is 11.0. The largest absolute Gasteiger partial charge is 0.307 e. The summed E-state index contributed by atoms with van der Waals surface area (Å²) < 4.78 is 2.04. The lowest BCUT2D eigenvalue weighted by molar-refractivity contribution is 0.329. The van der Waals surface area contributed by atoms with Gasteiger partial charge in [-0.15, -0.1) is 11.6 Å². The van der Waals surface area contributed by atoms with Crippen LogP contribution in [0.25, 0.3) is 5.65 Å². The Hall–Kier alpha value is -1.06. The highest BCUT2D eigenvalue weighted by Crippen LogP contribution is 2.16. The minimum Gasteiger partial charge on any atom is -0.307 e. The second-order valence-electron chi connectivity index (χ2n) is 4.91. The maximum absolute atomic E-state index is 5.85. The van der Waals surface area contributed by atoms with E-state index in [2.05, 4.69) is 30.3 Å². The van der Waals surface area contributed by atoms with Gasteiger partial charge in [0, 0.05) is 30.4 Å². The van der Waals surface area contributed by atoms with E-state index in [1.165, 1.54) is 0 Å². The molecule has 2 heterocycles. The molecular weight excluding hydrogens is 246 g/mol. The average Bonchev–Trinajstić information content (AvgIpc) is 2.79. The highest BCUT2D eigenvalue weighted by molar-refractivity contribution is 6.17. The molecule has 1 atom stereocenters. The fourth-order valence-electron chi connectivity index (χ4n) is 1.98. The SMILES string of the molecule is CCC(C)(CCCl)NCc1cn2ccccc2n1. The monoisotopic (exact) mass is 265 g/mol. The number of rotatable bonds is 6. The Morgan fingerprint density at radius 3 is 2.94 bits per heavy atom. The van der Waals surface area contributed by atoms with Crippen LogP contribution in [0.3, 0.4) is 0 Å². The summed E-state index contributed by atoms with van der Waals surface area (Å²) in [4.78, 5) is 4.58. The lowest BCUT2D eigenvalue weighted by Crippen LogP contribution is -2.41. The van der Waals surface area contributed by atoms with Crippen LogP contribution in [0, 0.1) is 0 Å². The standard InChI is InChI=1S/C14H20ClN3/c1-3-14(2,7-8-15)16-10-12-11-18-9-5-4-6-13(18)17-12/h4-6,9,11,16H,3,7-8,10H2,1-2H3. The van der Waals surface area contributed by atoms with Crippen LogP contribution in [0.4, 0.5) is 0 Å². The molecule has 0 aliphatic carbocycles. The summed E-state index contributed by atoms with van der Waals surface area (Å²) in [6.07, 6.45) is 6.12. The summed E-state index contributed by atoms with van der Waals surface area (Å²) in [5, 5.41) is 3.56. The molecule has 4 heteroatoms. The van der Waals surface area contributed by atoms with Crippen LogP contribution in [-0.2, 0) is 6.54 Å². The fourth-order valence-corrected chi connectivity index (χ4v) is 2.39. The second kappa shape index (κ2) is 5.72. The predicted molar refractivity (Wildman–Crippen MR) is 76.1 cm³/mol. The number of aromatic nitrogens is 2. The number of imidazole rings is 1. The highest BCUT2D eigenvalue weighted by atomic mass is 35.5. The van der Waals surface area contributed by atoms with Crippen LogP contribution >= 0.6 is 11.6 Å². The van der Waals surface area contributed by atoms with Crippen molar-refractivity contribution >= 4 is 17.2 Å². The lowest BCUT2D eigenvalue weighted by atomic mass is 9.95. The predicted octanol–water partition coefficient (Wildman–Crippen LogP) is 3.22. The normalized spacial score (nSPS) is 14.8. The van der Waals surface area contributed by atoms with Gasteiger partial charge < -0.3 is 9.72 Å². The minimum atomic E-state index is 0.0948. The molecule has 2 aromatic rings. The molecule has 0 amide bonds. The number of halogens is 1. The van der Waals surface area contributed by atoms with E-state index < -0.39 is 0 Å². The number of hydrogen-bond acceptors (Lipinski definition) is 2. The van der Waals surface area contributed by atoms with Gasteiger partial charge >= 0.3 is 0 Å². The number of alkyl halides is 1. The van der Waals surface area contributed by atoms with Crippen LogP contribution in [0.1, 0.15) is 32.4 Å². The third kappa shape index (κ3) is 3.03. The molecule has 2 rings (SSSR count). The fraction of sp³-hybridized carbons (Fsp3) is 0.500. The van der Waals surface area contributed by atoms with Crippen molar-refractivity contribution in [3.05, 3.63) is 36.3 Å². The Bertz CT molecular complexity index is 475. The second-order valence-corrected chi connectivity index (χ2v) is 5.28. The number of fused-ring (bicyclic) bond motifs is 1. The number of nitrogens with zero attached hydrogens (tertiary/aromatic N) is 2. The van der Waals surface area contributed by atoms with Crippen LogP contribution in [0.5, 0.6) is 0 Å². The number of hydrogen-bond donors (Lipinski definition) is 1. The molecule has 0 spiro atoms. The Balaban J connectivity index is 2.05. The van der Waals surface area contributed by atoms with Crippen LogP contribution in [0.15, 0.2) is 30.6 Å². The molecule has 2 aromatic heterocycles. The van der Waals surface area contributed by atoms with Gasteiger partial charge in [0.2, 0.25) is 0 Å². The van der Waals surface area contributed by atoms with E-state index in [1.54, 1.807) is 0 Å². The van der Waals surface area contributed by atoms with E-state index in [9.17, 15) is 0 Å². The van der Waals surface area contributed by atoms with Crippen molar-refractivity contribution in [3.63, 3.8) is 0 Å². The van der Waals surface area contributed by atoms with E-state index in [1.807, 2.05) is 28.8 Å². The minimum absolute atomic E-state index is 0.0948. The molecule has 0 saturated carbocycles. The summed E-state index contributed by atoms with van der Waals surface area (Å²) in [6, 6.07) is 6.03. The quantitative estimate of drug-likeness (QED) is 0.813. The first-order chi connectivity index (χ1) is 8.67. The van der Waals surface area contributed by atoms with Gasteiger partial charge in [-0.25, -0.2) is 4.98 Å². The van der Waals surface area contributed by atoms with Crippen molar-refractivity contribution < 1.29 is 0 Å². The van der Waals surface area contributed by atoms with Crippen LogP contribution in [0.2, 0.25) is 0 Å². The summed E-state index contributed by atoms with van der Waals surface area (Å²) in [6.45, 7) is 5.18. The molecule has 3 nitrogen and oxygen atoms in total.